The van der Waals surface area contributed by atoms with Gasteiger partial charge < -0.3 is 20.1 Å². The number of hydrogen-bond donors (Lipinski definition) is 2. The van der Waals surface area contributed by atoms with Gasteiger partial charge in [0, 0.05) is 48.4 Å². The number of nitrogens with one attached hydrogen (secondary N) is 2. The molecule has 13 heteroatoms. The number of aromatic nitrogens is 1. The van der Waals surface area contributed by atoms with Gasteiger partial charge in [0.15, 0.2) is 17.2 Å². The minimum atomic E-state index is -4.88. The monoisotopic (exact) mass is 528 g/mol. The smallest absolute Gasteiger partial charge is 0.417 e. The van der Waals surface area contributed by atoms with Crippen LogP contribution in [0.4, 0.5) is 38.3 Å². The van der Waals surface area contributed by atoms with Crippen molar-refractivity contribution in [3.8, 4) is 5.75 Å². The first-order valence-corrected chi connectivity index (χ1v) is 11.5. The number of alkyl halides is 3. The molecular weight excluding hydrogens is 503 g/mol. The van der Waals surface area contributed by atoms with Crippen LogP contribution in [0.25, 0.3) is 0 Å². The van der Waals surface area contributed by atoms with Gasteiger partial charge in [0.1, 0.15) is 11.9 Å². The molecule has 0 spiro atoms. The predicted molar refractivity (Wildman–Crippen MR) is 122 cm³/mol. The molecule has 2 saturated heterocycles. The lowest BCUT2D eigenvalue weighted by atomic mass is 9.77. The van der Waals surface area contributed by atoms with E-state index in [-0.39, 0.29) is 23.1 Å². The Balaban J connectivity index is 1.70. The second kappa shape index (κ2) is 9.77. The maximum atomic E-state index is 14.5. The van der Waals surface area contributed by atoms with Crippen molar-refractivity contribution in [3.63, 3.8) is 0 Å². The predicted octanol–water partition coefficient (Wildman–Crippen LogP) is 4.37. The lowest BCUT2D eigenvalue weighted by Crippen LogP contribution is -2.47. The third kappa shape index (κ3) is 4.67. The maximum absolute atomic E-state index is 14.5. The zero-order valence-electron chi connectivity index (χ0n) is 20.2. The molecule has 2 aliphatic rings. The quantitative estimate of drug-likeness (QED) is 0.563. The zero-order valence-corrected chi connectivity index (χ0v) is 20.2. The topological polar surface area (TPSA) is 92.8 Å². The minimum Gasteiger partial charge on any atom is -0.493 e. The first-order chi connectivity index (χ1) is 17.4. The number of carbonyl (C=O) groups is 2. The van der Waals surface area contributed by atoms with Gasteiger partial charge in [0.05, 0.1) is 7.11 Å². The summed E-state index contributed by atoms with van der Waals surface area (Å²) in [6, 6.07) is 4.27. The van der Waals surface area contributed by atoms with Gasteiger partial charge in [-0.1, -0.05) is 13.0 Å². The molecule has 1 aromatic carbocycles. The first-order valence-electron chi connectivity index (χ1n) is 11.5. The van der Waals surface area contributed by atoms with Gasteiger partial charge in [-0.3, -0.25) is 9.69 Å². The van der Waals surface area contributed by atoms with E-state index in [1.165, 1.54) is 30.2 Å². The fourth-order valence-corrected chi connectivity index (χ4v) is 4.75. The molecule has 8 nitrogen and oxygen atoms in total. The Morgan fingerprint density at radius 1 is 1.30 bits per heavy atom. The highest BCUT2D eigenvalue weighted by Crippen LogP contribution is 2.55. The molecule has 4 rings (SSSR count). The number of ether oxygens (including phenoxy) is 2. The number of nitrogens with zero attached hydrogens (tertiary/aromatic N) is 2. The number of benzene rings is 1. The lowest BCUT2D eigenvalue weighted by molar-refractivity contribution is -0.272. The Labute approximate surface area is 209 Å². The molecule has 4 atom stereocenters. The highest BCUT2D eigenvalue weighted by atomic mass is 19.4. The van der Waals surface area contributed by atoms with Crippen LogP contribution < -0.4 is 20.3 Å². The van der Waals surface area contributed by atoms with Crippen LogP contribution in [0, 0.1) is 17.6 Å². The van der Waals surface area contributed by atoms with Gasteiger partial charge >= 0.3 is 12.2 Å². The number of rotatable bonds is 5. The molecule has 0 saturated carbocycles. The van der Waals surface area contributed by atoms with Gasteiger partial charge in [-0.2, -0.15) is 17.6 Å². The van der Waals surface area contributed by atoms with Crippen molar-refractivity contribution in [2.24, 2.45) is 5.92 Å². The molecular formula is C24H25F5N4O4. The third-order valence-electron chi connectivity index (χ3n) is 6.94. The van der Waals surface area contributed by atoms with E-state index in [0.717, 1.165) is 26.2 Å². The molecule has 0 radical (unpaired) electrons. The Morgan fingerprint density at radius 3 is 2.68 bits per heavy atom. The summed E-state index contributed by atoms with van der Waals surface area (Å²) in [5.74, 6) is -6.68. The molecule has 0 unspecified atom stereocenters. The van der Waals surface area contributed by atoms with E-state index in [4.69, 9.17) is 9.47 Å². The third-order valence-corrected chi connectivity index (χ3v) is 6.94. The second-order valence-corrected chi connectivity index (χ2v) is 9.07. The van der Waals surface area contributed by atoms with E-state index in [2.05, 4.69) is 15.6 Å². The Morgan fingerprint density at radius 2 is 2.03 bits per heavy atom. The number of urea groups is 1. The van der Waals surface area contributed by atoms with Crippen LogP contribution in [0.2, 0.25) is 0 Å². The summed E-state index contributed by atoms with van der Waals surface area (Å²) in [7, 11) is 1.05. The molecule has 3 amide bonds. The molecule has 0 bridgehead atoms. The summed E-state index contributed by atoms with van der Waals surface area (Å²) in [5, 5.41) is 5.18. The number of anilines is 2. The van der Waals surface area contributed by atoms with Gasteiger partial charge in [-0.05, 0) is 25.5 Å². The van der Waals surface area contributed by atoms with Crippen LogP contribution in [0.1, 0.15) is 31.7 Å². The number of hydrogen-bond acceptors (Lipinski definition) is 5. The lowest BCUT2D eigenvalue weighted by Gasteiger charge is -2.32. The van der Waals surface area contributed by atoms with Crippen LogP contribution in [-0.4, -0.2) is 55.0 Å². The molecule has 0 aliphatic carbocycles. The second-order valence-electron chi connectivity index (χ2n) is 9.07. The summed E-state index contributed by atoms with van der Waals surface area (Å²) in [5.41, 5.74) is -2.76. The molecule has 2 aromatic rings. The number of pyridine rings is 1. The highest BCUT2D eigenvalue weighted by molar-refractivity contribution is 5.97. The van der Waals surface area contributed by atoms with Crippen molar-refractivity contribution in [2.75, 3.05) is 30.4 Å². The maximum Gasteiger partial charge on any atom is 0.417 e. The number of carbonyl (C=O) groups excluding carboxylic acids is 2. The van der Waals surface area contributed by atoms with E-state index in [9.17, 15) is 31.5 Å². The van der Waals surface area contributed by atoms with Crippen molar-refractivity contribution in [1.29, 1.82) is 0 Å². The van der Waals surface area contributed by atoms with Gasteiger partial charge in [-0.25, -0.2) is 14.2 Å². The van der Waals surface area contributed by atoms with Crippen molar-refractivity contribution in [1.82, 2.24) is 10.3 Å². The van der Waals surface area contributed by atoms with Crippen LogP contribution >= 0.6 is 0 Å². The van der Waals surface area contributed by atoms with Crippen molar-refractivity contribution < 1.29 is 41.0 Å². The van der Waals surface area contributed by atoms with E-state index >= 15 is 0 Å². The normalized spacial score (nSPS) is 26.1. The number of methoxy groups -OCH3 is 1. The Bertz CT molecular complexity index is 1210. The SMILES string of the molecule is COc1c([C@@H]2[C@@H](C(=O)Nc3ccnc(N4CCCNC4=O)c3)O[C@](C)(C(F)(F)F)[C@@H]2C)ccc(F)c1F. The number of amides is 3. The standard InChI is InChI=1S/C24H25F5N4O4/c1-12-17(14-5-6-15(25)18(26)19(14)36-3)20(37-23(12,2)24(27,28)29)21(34)32-13-7-9-30-16(11-13)33-10-4-8-31-22(33)35/h5-7,9,11-12,17,20H,4,8,10H2,1-3H3,(H,31,35)(H,30,32,34)/t12-,17-,20+,23+/m1/s1. The molecule has 200 valence electrons. The average molecular weight is 528 g/mol. The summed E-state index contributed by atoms with van der Waals surface area (Å²) < 4.78 is 81.0. The molecule has 3 heterocycles. The Hall–Kier alpha value is -3.48. The van der Waals surface area contributed by atoms with E-state index < -0.39 is 53.0 Å². The fraction of sp³-hybridized carbons (Fsp3) is 0.458. The van der Waals surface area contributed by atoms with E-state index in [1.54, 1.807) is 0 Å². The van der Waals surface area contributed by atoms with Crippen LogP contribution in [0.15, 0.2) is 30.5 Å². The zero-order chi connectivity index (χ0) is 27.1. The molecule has 1 aromatic heterocycles. The van der Waals surface area contributed by atoms with Gasteiger partial charge in [0.2, 0.25) is 5.82 Å². The largest absolute Gasteiger partial charge is 0.493 e. The molecule has 2 aliphatic heterocycles. The van der Waals surface area contributed by atoms with Crippen molar-refractivity contribution >= 4 is 23.4 Å². The summed E-state index contributed by atoms with van der Waals surface area (Å²) in [4.78, 5) is 31.0. The molecule has 2 N–H and O–H groups in total. The van der Waals surface area contributed by atoms with E-state index in [1.807, 2.05) is 0 Å². The number of halogens is 5. The summed E-state index contributed by atoms with van der Waals surface area (Å²) in [6.45, 7) is 2.94. The van der Waals surface area contributed by atoms with Gasteiger partial charge in [0.25, 0.3) is 5.91 Å². The molecule has 2 fully saturated rings. The van der Waals surface area contributed by atoms with Crippen molar-refractivity contribution in [3.05, 3.63) is 47.7 Å². The van der Waals surface area contributed by atoms with Crippen LogP contribution in [0.5, 0.6) is 5.75 Å². The fourth-order valence-electron chi connectivity index (χ4n) is 4.75. The Kier molecular flexibility index (Phi) is 7.01. The first kappa shape index (κ1) is 26.6. The minimum absolute atomic E-state index is 0.137. The average Bonchev–Trinajstić information content (AvgIpc) is 3.13. The molecule has 37 heavy (non-hydrogen) atoms. The van der Waals surface area contributed by atoms with Crippen LogP contribution in [0.3, 0.4) is 0 Å². The van der Waals surface area contributed by atoms with Crippen LogP contribution in [-0.2, 0) is 9.53 Å². The van der Waals surface area contributed by atoms with Crippen molar-refractivity contribution in [2.45, 2.75) is 44.1 Å². The van der Waals surface area contributed by atoms with E-state index in [0.29, 0.717) is 19.5 Å². The van der Waals surface area contributed by atoms with Gasteiger partial charge in [-0.15, -0.1) is 0 Å². The highest BCUT2D eigenvalue weighted by Gasteiger charge is 2.65. The summed E-state index contributed by atoms with van der Waals surface area (Å²) >= 11 is 0. The summed E-state index contributed by atoms with van der Waals surface area (Å²) in [6.07, 6.45) is -4.61.